The van der Waals surface area contributed by atoms with E-state index in [2.05, 4.69) is 53.8 Å². The number of rotatable bonds is 5. The molecule has 1 N–H and O–H groups in total. The smallest absolute Gasteiger partial charge is 0.220 e. The summed E-state index contributed by atoms with van der Waals surface area (Å²) >= 11 is 0. The zero-order valence-electron chi connectivity index (χ0n) is 15.2. The second kappa shape index (κ2) is 6.73. The molecule has 1 atom stereocenters. The molecular weight excluding hydrogens is 334 g/mol. The second-order valence-corrected chi connectivity index (χ2v) is 7.67. The van der Waals surface area contributed by atoms with Gasteiger partial charge in [-0.05, 0) is 46.7 Å². The van der Waals surface area contributed by atoms with E-state index in [9.17, 15) is 4.79 Å². The minimum atomic E-state index is 0.106. The molecule has 0 radical (unpaired) electrons. The monoisotopic (exact) mass is 357 g/mol. The second-order valence-electron chi connectivity index (χ2n) is 7.67. The Morgan fingerprint density at radius 3 is 2.22 bits per heavy atom. The minimum absolute atomic E-state index is 0.106. The van der Waals surface area contributed by atoms with E-state index < -0.39 is 0 Å². The maximum atomic E-state index is 12.3. The van der Waals surface area contributed by atoms with Gasteiger partial charge in [-0.15, -0.1) is 0 Å². The highest BCUT2D eigenvalue weighted by molar-refractivity contribution is 5.76. The molecule has 0 spiro atoms. The van der Waals surface area contributed by atoms with E-state index in [0.717, 1.165) is 18.7 Å². The van der Waals surface area contributed by atoms with Crippen LogP contribution >= 0.6 is 0 Å². The van der Waals surface area contributed by atoms with Crippen molar-refractivity contribution in [3.8, 4) is 0 Å². The first-order valence-corrected chi connectivity index (χ1v) is 9.78. The summed E-state index contributed by atoms with van der Waals surface area (Å²) in [5.41, 5.74) is 5.84. The van der Waals surface area contributed by atoms with Crippen molar-refractivity contribution in [1.82, 2.24) is 5.32 Å². The third-order valence-electron chi connectivity index (χ3n) is 6.16. The van der Waals surface area contributed by atoms with Crippen LogP contribution in [0.15, 0.2) is 71.3 Å². The summed E-state index contributed by atoms with van der Waals surface area (Å²) in [5.74, 6) is 2.26. The van der Waals surface area contributed by atoms with Gasteiger partial charge in [0.1, 0.15) is 5.76 Å². The Balaban J connectivity index is 1.32. The van der Waals surface area contributed by atoms with Crippen molar-refractivity contribution in [2.24, 2.45) is 5.92 Å². The van der Waals surface area contributed by atoms with Crippen LogP contribution in [0.5, 0.6) is 0 Å². The molecule has 3 aromatic rings. The molecule has 0 saturated heterocycles. The van der Waals surface area contributed by atoms with Crippen LogP contribution in [0.1, 0.15) is 52.7 Å². The van der Waals surface area contributed by atoms with Gasteiger partial charge in [0.05, 0.1) is 6.26 Å². The number of aryl methyl sites for hydroxylation is 1. The van der Waals surface area contributed by atoms with Crippen LogP contribution < -0.4 is 5.32 Å². The topological polar surface area (TPSA) is 42.2 Å². The Morgan fingerprint density at radius 2 is 1.59 bits per heavy atom. The fraction of sp³-hybridized carbons (Fsp3) is 0.292. The van der Waals surface area contributed by atoms with Crippen molar-refractivity contribution in [3.63, 3.8) is 0 Å². The Hall–Kier alpha value is -2.81. The molecule has 2 aromatic carbocycles. The zero-order chi connectivity index (χ0) is 18.2. The molecule has 136 valence electrons. The number of benzene rings is 2. The highest BCUT2D eigenvalue weighted by Gasteiger charge is 2.42. The van der Waals surface area contributed by atoms with E-state index in [4.69, 9.17) is 4.42 Å². The number of furan rings is 1. The molecule has 1 unspecified atom stereocenters. The van der Waals surface area contributed by atoms with E-state index in [1.165, 1.54) is 22.3 Å². The highest BCUT2D eigenvalue weighted by atomic mass is 16.3. The van der Waals surface area contributed by atoms with Gasteiger partial charge in [-0.3, -0.25) is 4.79 Å². The first kappa shape index (κ1) is 16.4. The molecule has 1 amide bonds. The number of carbonyl (C=O) groups excluding carboxylic acids is 1. The van der Waals surface area contributed by atoms with E-state index in [1.807, 2.05) is 12.1 Å². The molecule has 0 aliphatic heterocycles. The Labute approximate surface area is 159 Å². The molecule has 3 nitrogen and oxygen atoms in total. The quantitative estimate of drug-likeness (QED) is 0.724. The van der Waals surface area contributed by atoms with Crippen LogP contribution in [0, 0.1) is 5.92 Å². The van der Waals surface area contributed by atoms with Crippen molar-refractivity contribution in [1.29, 1.82) is 0 Å². The lowest BCUT2D eigenvalue weighted by Crippen LogP contribution is -2.39. The van der Waals surface area contributed by atoms with Gasteiger partial charge in [0, 0.05) is 31.2 Å². The Bertz CT molecular complexity index is 913. The molecule has 0 saturated carbocycles. The van der Waals surface area contributed by atoms with Gasteiger partial charge in [-0.25, -0.2) is 0 Å². The number of hydrogen-bond acceptors (Lipinski definition) is 2. The molecule has 3 heteroatoms. The van der Waals surface area contributed by atoms with Crippen molar-refractivity contribution >= 4 is 5.91 Å². The number of fused-ring (bicyclic) bond motifs is 1. The number of carbonyl (C=O) groups is 1. The predicted octanol–water partition coefficient (Wildman–Crippen LogP) is 4.63. The van der Waals surface area contributed by atoms with Crippen LogP contribution in [0.25, 0.3) is 0 Å². The van der Waals surface area contributed by atoms with E-state index in [-0.39, 0.29) is 5.91 Å². The lowest BCUT2D eigenvalue weighted by molar-refractivity contribution is -0.121. The van der Waals surface area contributed by atoms with E-state index >= 15 is 0 Å². The van der Waals surface area contributed by atoms with Gasteiger partial charge in [-0.1, -0.05) is 48.5 Å². The number of nitrogens with one attached hydrogen (secondary N) is 1. The Kier molecular flexibility index (Phi) is 4.08. The van der Waals surface area contributed by atoms with Crippen LogP contribution in [0.3, 0.4) is 0 Å². The van der Waals surface area contributed by atoms with Gasteiger partial charge < -0.3 is 9.73 Å². The van der Waals surface area contributed by atoms with Crippen LogP contribution in [0.2, 0.25) is 0 Å². The van der Waals surface area contributed by atoms with Crippen molar-refractivity contribution in [2.75, 3.05) is 6.54 Å². The van der Waals surface area contributed by atoms with Crippen molar-refractivity contribution < 1.29 is 9.21 Å². The molecule has 1 heterocycles. The lowest BCUT2D eigenvalue weighted by Gasteiger charge is -2.45. The van der Waals surface area contributed by atoms with Crippen molar-refractivity contribution in [2.45, 2.75) is 31.1 Å². The van der Waals surface area contributed by atoms with Gasteiger partial charge in [-0.2, -0.15) is 0 Å². The first-order valence-electron chi connectivity index (χ1n) is 9.78. The summed E-state index contributed by atoms with van der Waals surface area (Å²) < 4.78 is 5.32. The SMILES string of the molecule is O=C(CCc1ccco1)NCC1CC2c3ccccc3C1c1ccccc12. The molecule has 27 heavy (non-hydrogen) atoms. The zero-order valence-corrected chi connectivity index (χ0v) is 15.2. The average Bonchev–Trinajstić information content (AvgIpc) is 3.24. The van der Waals surface area contributed by atoms with E-state index in [1.54, 1.807) is 6.26 Å². The average molecular weight is 357 g/mol. The molecule has 3 aliphatic carbocycles. The summed E-state index contributed by atoms with van der Waals surface area (Å²) in [6.07, 6.45) is 3.89. The van der Waals surface area contributed by atoms with E-state index in [0.29, 0.717) is 30.6 Å². The molecule has 1 aromatic heterocycles. The first-order chi connectivity index (χ1) is 13.3. The third-order valence-corrected chi connectivity index (χ3v) is 6.16. The standard InChI is InChI=1S/C24H23NO2/c26-23(12-11-17-6-5-13-27-17)25-15-16-14-22-18-7-1-3-9-20(18)24(16)21-10-4-2-8-19(21)22/h1-10,13,16,22,24H,11-12,14-15H2,(H,25,26). The van der Waals surface area contributed by atoms with Crippen LogP contribution in [-0.4, -0.2) is 12.5 Å². The van der Waals surface area contributed by atoms with Crippen LogP contribution in [-0.2, 0) is 11.2 Å². The lowest BCUT2D eigenvalue weighted by atomic mass is 9.59. The summed E-state index contributed by atoms with van der Waals surface area (Å²) in [7, 11) is 0. The molecule has 0 fully saturated rings. The molecule has 3 aliphatic rings. The molecule has 2 bridgehead atoms. The fourth-order valence-corrected chi connectivity index (χ4v) is 4.98. The Morgan fingerprint density at radius 1 is 0.926 bits per heavy atom. The summed E-state index contributed by atoms with van der Waals surface area (Å²) in [4.78, 5) is 12.3. The minimum Gasteiger partial charge on any atom is -0.469 e. The fourth-order valence-electron chi connectivity index (χ4n) is 4.98. The number of hydrogen-bond donors (Lipinski definition) is 1. The number of amides is 1. The normalized spacial score (nSPS) is 22.1. The van der Waals surface area contributed by atoms with Crippen LogP contribution in [0.4, 0.5) is 0 Å². The van der Waals surface area contributed by atoms with Gasteiger partial charge in [0.15, 0.2) is 0 Å². The molecular formula is C24H23NO2. The van der Waals surface area contributed by atoms with Gasteiger partial charge in [0.2, 0.25) is 5.91 Å². The van der Waals surface area contributed by atoms with Gasteiger partial charge in [0.25, 0.3) is 0 Å². The van der Waals surface area contributed by atoms with Crippen molar-refractivity contribution in [3.05, 3.63) is 94.9 Å². The maximum absolute atomic E-state index is 12.3. The maximum Gasteiger partial charge on any atom is 0.220 e. The summed E-state index contributed by atoms with van der Waals surface area (Å²) in [6.45, 7) is 0.737. The summed E-state index contributed by atoms with van der Waals surface area (Å²) in [6, 6.07) is 21.5. The third kappa shape index (κ3) is 2.87. The van der Waals surface area contributed by atoms with Gasteiger partial charge >= 0.3 is 0 Å². The summed E-state index contributed by atoms with van der Waals surface area (Å²) in [5, 5.41) is 3.18. The highest BCUT2D eigenvalue weighted by Crippen LogP contribution is 2.55. The predicted molar refractivity (Wildman–Crippen MR) is 105 cm³/mol. The largest absolute Gasteiger partial charge is 0.469 e. The molecule has 6 rings (SSSR count).